The molecule has 3 aliphatic carbocycles. The van der Waals surface area contributed by atoms with Crippen molar-refractivity contribution in [3.63, 3.8) is 0 Å². The Hall–Kier alpha value is -2.76. The molecule has 0 radical (unpaired) electrons. The number of hydrogen-bond donors (Lipinski definition) is 0. The predicted octanol–water partition coefficient (Wildman–Crippen LogP) is 9.60. The molecule has 1 saturated carbocycles. The Kier molecular flexibility index (Phi) is 8.43. The molecule has 1 aliphatic heterocycles. The van der Waals surface area contributed by atoms with Crippen molar-refractivity contribution in [2.75, 3.05) is 7.11 Å². The van der Waals surface area contributed by atoms with Crippen LogP contribution in [0.15, 0.2) is 58.9 Å². The molecule has 6 rings (SSSR count). The van der Waals surface area contributed by atoms with E-state index in [0.717, 1.165) is 59.4 Å². The number of ether oxygens (including phenoxy) is 2. The highest BCUT2D eigenvalue weighted by atomic mass is 35.5. The molecule has 1 heterocycles. The van der Waals surface area contributed by atoms with Gasteiger partial charge in [-0.2, -0.15) is 0 Å². The molecule has 5 nitrogen and oxygen atoms in total. The summed E-state index contributed by atoms with van der Waals surface area (Å²) < 4.78 is 12.0. The van der Waals surface area contributed by atoms with Crippen molar-refractivity contribution in [3.05, 3.63) is 80.1 Å². The quantitative estimate of drug-likeness (QED) is 0.316. The third-order valence-electron chi connectivity index (χ3n) is 9.75. The minimum atomic E-state index is -0.486. The molecule has 0 N–H and O–H groups in total. The zero-order chi connectivity index (χ0) is 31.4. The molecule has 7 heteroatoms. The molecule has 0 atom stereocenters. The van der Waals surface area contributed by atoms with Gasteiger partial charge in [-0.3, -0.25) is 9.59 Å². The maximum Gasteiger partial charge on any atom is 0.180 e. The van der Waals surface area contributed by atoms with Crippen LogP contribution in [0.1, 0.15) is 103 Å². The number of nitrogens with zero attached hydrogens (tertiary/aromatic N) is 1. The molecule has 2 aromatic rings. The normalized spacial score (nSPS) is 22.2. The minimum Gasteiger partial charge on any atom is -0.493 e. The van der Waals surface area contributed by atoms with E-state index in [1.165, 1.54) is 19.3 Å². The van der Waals surface area contributed by atoms with Crippen molar-refractivity contribution in [1.82, 2.24) is 4.90 Å². The van der Waals surface area contributed by atoms with Crippen molar-refractivity contribution >= 4 is 34.8 Å². The molecule has 2 aromatic carbocycles. The first-order chi connectivity index (χ1) is 20.9. The van der Waals surface area contributed by atoms with Gasteiger partial charge >= 0.3 is 0 Å². The summed E-state index contributed by atoms with van der Waals surface area (Å²) in [6, 6.07) is 11.6. The average molecular weight is 637 g/mol. The molecule has 234 valence electrons. The Bertz CT molecular complexity index is 1510. The van der Waals surface area contributed by atoms with Crippen LogP contribution in [0.2, 0.25) is 10.0 Å². The van der Waals surface area contributed by atoms with Crippen molar-refractivity contribution in [1.29, 1.82) is 0 Å². The van der Waals surface area contributed by atoms with Gasteiger partial charge in [-0.1, -0.05) is 82.3 Å². The van der Waals surface area contributed by atoms with Crippen LogP contribution in [0.3, 0.4) is 0 Å². The van der Waals surface area contributed by atoms with E-state index in [1.54, 1.807) is 7.11 Å². The highest BCUT2D eigenvalue weighted by Crippen LogP contribution is 2.56. The van der Waals surface area contributed by atoms with E-state index in [1.807, 2.05) is 36.4 Å². The lowest BCUT2D eigenvalue weighted by Crippen LogP contribution is -2.48. The summed E-state index contributed by atoms with van der Waals surface area (Å²) in [7, 11) is 1.59. The SMILES string of the molecule is COc1cc(C2C3=C(CC(C)(C)CC3=O)N(C3CCCCC3)C3=C2C(=O)CC(C)(C)C3)cc(Cl)c1OCc1cccc(Cl)c1. The summed E-state index contributed by atoms with van der Waals surface area (Å²) in [6.07, 6.45) is 8.27. The molecular formula is C37H43Cl2NO4. The fourth-order valence-electron chi connectivity index (χ4n) is 7.94. The number of ketones is 2. The number of rotatable bonds is 6. The number of Topliss-reactive ketones (excluding diaryl/α,β-unsaturated/α-hetero) is 2. The Morgan fingerprint density at radius 1 is 0.841 bits per heavy atom. The summed E-state index contributed by atoms with van der Waals surface area (Å²) >= 11 is 13.1. The number of hydrogen-bond acceptors (Lipinski definition) is 5. The van der Waals surface area contributed by atoms with Gasteiger partial charge in [0.25, 0.3) is 0 Å². The van der Waals surface area contributed by atoms with E-state index in [0.29, 0.717) is 40.4 Å². The number of allylic oxidation sites excluding steroid dienone is 4. The van der Waals surface area contributed by atoms with Gasteiger partial charge < -0.3 is 14.4 Å². The predicted molar refractivity (Wildman–Crippen MR) is 175 cm³/mol. The van der Waals surface area contributed by atoms with E-state index in [9.17, 15) is 9.59 Å². The average Bonchev–Trinajstić information content (AvgIpc) is 2.94. The molecule has 0 amide bonds. The first kappa shape index (κ1) is 31.2. The molecule has 4 aliphatic rings. The Balaban J connectivity index is 1.50. The van der Waals surface area contributed by atoms with E-state index >= 15 is 0 Å². The van der Waals surface area contributed by atoms with Gasteiger partial charge in [0.1, 0.15) is 6.61 Å². The van der Waals surface area contributed by atoms with Gasteiger partial charge in [0.15, 0.2) is 23.1 Å². The molecule has 0 unspecified atom stereocenters. The van der Waals surface area contributed by atoms with Crippen LogP contribution in [-0.4, -0.2) is 29.6 Å². The monoisotopic (exact) mass is 635 g/mol. The fraction of sp³-hybridized carbons (Fsp3) is 0.514. The van der Waals surface area contributed by atoms with Crippen LogP contribution < -0.4 is 9.47 Å². The molecule has 44 heavy (non-hydrogen) atoms. The lowest BCUT2D eigenvalue weighted by Gasteiger charge is -2.52. The minimum absolute atomic E-state index is 0.127. The lowest BCUT2D eigenvalue weighted by atomic mass is 9.63. The molecular weight excluding hydrogens is 593 g/mol. The second kappa shape index (κ2) is 11.9. The smallest absolute Gasteiger partial charge is 0.180 e. The van der Waals surface area contributed by atoms with Crippen molar-refractivity contribution in [3.8, 4) is 11.5 Å². The Labute approximate surface area is 271 Å². The molecule has 0 aromatic heterocycles. The van der Waals surface area contributed by atoms with Crippen LogP contribution in [0.4, 0.5) is 0 Å². The third kappa shape index (κ3) is 5.95. The van der Waals surface area contributed by atoms with Crippen molar-refractivity contribution in [2.45, 2.75) is 104 Å². The van der Waals surface area contributed by atoms with Crippen LogP contribution >= 0.6 is 23.2 Å². The fourth-order valence-corrected chi connectivity index (χ4v) is 8.42. The van der Waals surface area contributed by atoms with E-state index in [-0.39, 0.29) is 29.0 Å². The van der Waals surface area contributed by atoms with Gasteiger partial charge in [-0.05, 0) is 71.9 Å². The Morgan fingerprint density at radius 2 is 1.45 bits per heavy atom. The van der Waals surface area contributed by atoms with Gasteiger partial charge in [0, 0.05) is 52.4 Å². The first-order valence-electron chi connectivity index (χ1n) is 15.9. The molecule has 0 saturated heterocycles. The van der Waals surface area contributed by atoms with Crippen molar-refractivity contribution < 1.29 is 19.1 Å². The highest BCUT2D eigenvalue weighted by molar-refractivity contribution is 6.32. The maximum atomic E-state index is 14.2. The Morgan fingerprint density at radius 3 is 2.02 bits per heavy atom. The van der Waals surface area contributed by atoms with E-state index < -0.39 is 5.92 Å². The van der Waals surface area contributed by atoms with Gasteiger partial charge in [-0.25, -0.2) is 0 Å². The van der Waals surface area contributed by atoms with Gasteiger partial charge in [0.05, 0.1) is 12.1 Å². The zero-order valence-electron chi connectivity index (χ0n) is 26.5. The van der Waals surface area contributed by atoms with E-state index in [4.69, 9.17) is 32.7 Å². The topological polar surface area (TPSA) is 55.8 Å². The summed E-state index contributed by atoms with van der Waals surface area (Å²) in [5, 5.41) is 1.01. The third-order valence-corrected chi connectivity index (χ3v) is 10.3. The van der Waals surface area contributed by atoms with Gasteiger partial charge in [-0.15, -0.1) is 0 Å². The van der Waals surface area contributed by atoms with Crippen molar-refractivity contribution in [2.24, 2.45) is 10.8 Å². The number of halogens is 2. The number of carbonyl (C=O) groups excluding carboxylic acids is 2. The number of benzene rings is 2. The summed E-state index contributed by atoms with van der Waals surface area (Å²) in [5.41, 5.74) is 5.16. The maximum absolute atomic E-state index is 14.2. The highest BCUT2D eigenvalue weighted by Gasteiger charge is 2.50. The van der Waals surface area contributed by atoms with Crippen LogP contribution in [0.25, 0.3) is 0 Å². The summed E-state index contributed by atoms with van der Waals surface area (Å²) in [5.74, 6) is 0.666. The van der Waals surface area contributed by atoms with Gasteiger partial charge in [0.2, 0.25) is 0 Å². The van der Waals surface area contributed by atoms with Crippen LogP contribution in [0, 0.1) is 10.8 Å². The summed E-state index contributed by atoms with van der Waals surface area (Å²) in [4.78, 5) is 31.0. The molecule has 0 bridgehead atoms. The number of carbonyl (C=O) groups is 2. The standard InChI is InChI=1S/C37H43Cl2NO4/c1-36(2)17-27-33(29(41)19-36)32(34-28(18-37(3,4)20-30(34)42)40(27)25-12-7-6-8-13-25)23-15-26(39)35(31(16-23)43-5)44-21-22-10-9-11-24(38)14-22/h9-11,14-16,25,32H,6-8,12-13,17-21H2,1-5H3. The molecule has 0 spiro atoms. The second-order valence-electron chi connectivity index (χ2n) is 14.7. The molecule has 1 fully saturated rings. The van der Waals surface area contributed by atoms with Crippen LogP contribution in [0.5, 0.6) is 11.5 Å². The summed E-state index contributed by atoms with van der Waals surface area (Å²) in [6.45, 7) is 9.02. The number of methoxy groups -OCH3 is 1. The largest absolute Gasteiger partial charge is 0.493 e. The zero-order valence-corrected chi connectivity index (χ0v) is 28.0. The van der Waals surface area contributed by atoms with Crippen LogP contribution in [-0.2, 0) is 16.2 Å². The lowest BCUT2D eigenvalue weighted by molar-refractivity contribution is -0.119. The van der Waals surface area contributed by atoms with E-state index in [2.05, 4.69) is 32.6 Å². The second-order valence-corrected chi connectivity index (χ2v) is 15.5. The first-order valence-corrected chi connectivity index (χ1v) is 16.7.